The van der Waals surface area contributed by atoms with Crippen molar-refractivity contribution in [2.24, 2.45) is 5.92 Å². The van der Waals surface area contributed by atoms with Crippen molar-refractivity contribution in [2.75, 3.05) is 13.2 Å². The van der Waals surface area contributed by atoms with Crippen molar-refractivity contribution in [2.45, 2.75) is 26.9 Å². The molecule has 0 aliphatic carbocycles. The number of carbonyl (C=O) groups is 1. The standard InChI is InChI=1S/C15H19N5O2/c1-11-3-4-17-15(18-11)22-9-13-6-19(12(2)21)8-14-5-16-10-20(14)7-13/h3-5,10,13H,6-9H2,1-2H3/t13-/m0/s1. The first-order chi connectivity index (χ1) is 10.6. The normalized spacial score (nSPS) is 17.7. The molecule has 0 N–H and O–H groups in total. The molecule has 1 atom stereocenters. The molecule has 0 aromatic carbocycles. The second-order valence-corrected chi connectivity index (χ2v) is 5.59. The van der Waals surface area contributed by atoms with E-state index in [9.17, 15) is 4.79 Å². The smallest absolute Gasteiger partial charge is 0.316 e. The molecule has 2 aromatic rings. The van der Waals surface area contributed by atoms with E-state index in [1.807, 2.05) is 24.1 Å². The van der Waals surface area contributed by atoms with E-state index in [-0.39, 0.29) is 11.8 Å². The fourth-order valence-electron chi connectivity index (χ4n) is 2.59. The van der Waals surface area contributed by atoms with Gasteiger partial charge in [0.25, 0.3) is 0 Å². The number of fused-ring (bicyclic) bond motifs is 1. The van der Waals surface area contributed by atoms with E-state index in [1.165, 1.54) is 0 Å². The number of nitrogens with zero attached hydrogens (tertiary/aromatic N) is 5. The van der Waals surface area contributed by atoms with E-state index >= 15 is 0 Å². The molecule has 22 heavy (non-hydrogen) atoms. The van der Waals surface area contributed by atoms with E-state index in [1.54, 1.807) is 19.4 Å². The predicted octanol–water partition coefficient (Wildman–Crippen LogP) is 1.04. The Morgan fingerprint density at radius 2 is 2.32 bits per heavy atom. The van der Waals surface area contributed by atoms with Gasteiger partial charge in [-0.05, 0) is 13.0 Å². The Morgan fingerprint density at radius 1 is 1.45 bits per heavy atom. The van der Waals surface area contributed by atoms with Crippen molar-refractivity contribution < 1.29 is 9.53 Å². The van der Waals surface area contributed by atoms with Crippen LogP contribution in [0.5, 0.6) is 6.01 Å². The van der Waals surface area contributed by atoms with Crippen molar-refractivity contribution in [1.82, 2.24) is 24.4 Å². The number of aryl methyl sites for hydroxylation is 1. The first-order valence-corrected chi connectivity index (χ1v) is 7.29. The molecule has 116 valence electrons. The molecule has 7 nitrogen and oxygen atoms in total. The molecule has 0 saturated carbocycles. The highest BCUT2D eigenvalue weighted by Gasteiger charge is 2.24. The number of hydrogen-bond donors (Lipinski definition) is 0. The first-order valence-electron chi connectivity index (χ1n) is 7.29. The van der Waals surface area contributed by atoms with Gasteiger partial charge in [-0.25, -0.2) is 15.0 Å². The summed E-state index contributed by atoms with van der Waals surface area (Å²) in [6, 6.07) is 2.21. The highest BCUT2D eigenvalue weighted by Crippen LogP contribution is 2.17. The predicted molar refractivity (Wildman–Crippen MR) is 79.1 cm³/mol. The zero-order valence-corrected chi connectivity index (χ0v) is 12.8. The monoisotopic (exact) mass is 301 g/mol. The van der Waals surface area contributed by atoms with Crippen LogP contribution in [-0.2, 0) is 17.9 Å². The molecule has 3 rings (SSSR count). The third-order valence-corrected chi connectivity index (χ3v) is 3.75. The zero-order valence-electron chi connectivity index (χ0n) is 12.8. The Kier molecular flexibility index (Phi) is 4.04. The fraction of sp³-hybridized carbons (Fsp3) is 0.467. The van der Waals surface area contributed by atoms with E-state index in [2.05, 4.69) is 19.5 Å². The summed E-state index contributed by atoms with van der Waals surface area (Å²) in [5.74, 6) is 0.231. The summed E-state index contributed by atoms with van der Waals surface area (Å²) < 4.78 is 7.79. The van der Waals surface area contributed by atoms with Crippen molar-refractivity contribution in [3.05, 3.63) is 36.2 Å². The van der Waals surface area contributed by atoms with E-state index in [0.717, 1.165) is 17.9 Å². The van der Waals surface area contributed by atoms with Crippen LogP contribution in [-0.4, -0.2) is 43.5 Å². The van der Waals surface area contributed by atoms with Gasteiger partial charge in [-0.15, -0.1) is 0 Å². The van der Waals surface area contributed by atoms with E-state index < -0.39 is 0 Å². The fourth-order valence-corrected chi connectivity index (χ4v) is 2.59. The van der Waals surface area contributed by atoms with Crippen LogP contribution >= 0.6 is 0 Å². The van der Waals surface area contributed by atoms with Gasteiger partial charge in [-0.2, -0.15) is 0 Å². The van der Waals surface area contributed by atoms with Gasteiger partial charge in [-0.3, -0.25) is 4.79 Å². The second kappa shape index (κ2) is 6.13. The third kappa shape index (κ3) is 3.24. The summed E-state index contributed by atoms with van der Waals surface area (Å²) in [4.78, 5) is 26.1. The molecule has 0 spiro atoms. The number of hydrogen-bond acceptors (Lipinski definition) is 5. The van der Waals surface area contributed by atoms with Crippen LogP contribution in [0.1, 0.15) is 18.3 Å². The maximum absolute atomic E-state index is 11.8. The molecular weight excluding hydrogens is 282 g/mol. The lowest BCUT2D eigenvalue weighted by molar-refractivity contribution is -0.130. The third-order valence-electron chi connectivity index (χ3n) is 3.75. The van der Waals surface area contributed by atoms with Gasteiger partial charge in [0, 0.05) is 44.0 Å². The first kappa shape index (κ1) is 14.5. The number of carbonyl (C=O) groups excluding carboxylic acids is 1. The van der Waals surface area contributed by atoms with Gasteiger partial charge in [0.1, 0.15) is 0 Å². The topological polar surface area (TPSA) is 73.1 Å². The molecule has 0 fully saturated rings. The van der Waals surface area contributed by atoms with Crippen LogP contribution in [0.2, 0.25) is 0 Å². The molecular formula is C15H19N5O2. The molecule has 0 saturated heterocycles. The van der Waals surface area contributed by atoms with Crippen LogP contribution in [0, 0.1) is 12.8 Å². The molecule has 0 bridgehead atoms. The average molecular weight is 301 g/mol. The van der Waals surface area contributed by atoms with Gasteiger partial charge >= 0.3 is 6.01 Å². The number of ether oxygens (including phenoxy) is 1. The molecule has 2 aromatic heterocycles. The summed E-state index contributed by atoms with van der Waals surface area (Å²) in [5, 5.41) is 0. The van der Waals surface area contributed by atoms with Crippen LogP contribution in [0.4, 0.5) is 0 Å². The number of imidazole rings is 1. The highest BCUT2D eigenvalue weighted by atomic mass is 16.5. The molecule has 3 heterocycles. The van der Waals surface area contributed by atoms with Gasteiger partial charge in [-0.1, -0.05) is 0 Å². The molecule has 0 unspecified atom stereocenters. The molecule has 1 aliphatic rings. The van der Waals surface area contributed by atoms with Crippen LogP contribution in [0.3, 0.4) is 0 Å². The molecule has 7 heteroatoms. The summed E-state index contributed by atoms with van der Waals surface area (Å²) >= 11 is 0. The molecule has 1 amide bonds. The molecule has 1 aliphatic heterocycles. The summed E-state index contributed by atoms with van der Waals surface area (Å²) in [6.45, 7) is 5.97. The summed E-state index contributed by atoms with van der Waals surface area (Å²) in [6.07, 6.45) is 5.29. The number of aromatic nitrogens is 4. The maximum Gasteiger partial charge on any atom is 0.316 e. The van der Waals surface area contributed by atoms with Crippen LogP contribution in [0.25, 0.3) is 0 Å². The minimum Gasteiger partial charge on any atom is -0.463 e. The van der Waals surface area contributed by atoms with Gasteiger partial charge in [0.15, 0.2) is 0 Å². The zero-order chi connectivity index (χ0) is 15.5. The van der Waals surface area contributed by atoms with Crippen molar-refractivity contribution in [3.8, 4) is 6.01 Å². The lowest BCUT2D eigenvalue weighted by Gasteiger charge is -2.22. The van der Waals surface area contributed by atoms with Crippen molar-refractivity contribution in [1.29, 1.82) is 0 Å². The Morgan fingerprint density at radius 3 is 3.09 bits per heavy atom. The Balaban J connectivity index is 1.71. The van der Waals surface area contributed by atoms with Crippen LogP contribution in [0.15, 0.2) is 24.8 Å². The maximum atomic E-state index is 11.8. The quantitative estimate of drug-likeness (QED) is 0.847. The van der Waals surface area contributed by atoms with E-state index in [4.69, 9.17) is 4.74 Å². The molecule has 0 radical (unpaired) electrons. The van der Waals surface area contributed by atoms with Crippen molar-refractivity contribution >= 4 is 5.91 Å². The largest absolute Gasteiger partial charge is 0.463 e. The SMILES string of the molecule is CC(=O)N1Cc2cncn2C[C@@H](COc2nccc(C)n2)C1. The minimum atomic E-state index is 0.0615. The number of amides is 1. The lowest BCUT2D eigenvalue weighted by atomic mass is 10.1. The van der Waals surface area contributed by atoms with E-state index in [0.29, 0.717) is 25.7 Å². The highest BCUT2D eigenvalue weighted by molar-refractivity contribution is 5.73. The summed E-state index contributed by atoms with van der Waals surface area (Å²) in [7, 11) is 0. The Labute approximate surface area is 129 Å². The van der Waals surface area contributed by atoms with Gasteiger partial charge < -0.3 is 14.2 Å². The second-order valence-electron chi connectivity index (χ2n) is 5.59. The lowest BCUT2D eigenvalue weighted by Crippen LogP contribution is -2.34. The average Bonchev–Trinajstić information content (AvgIpc) is 2.83. The summed E-state index contributed by atoms with van der Waals surface area (Å²) in [5.41, 5.74) is 1.91. The Bertz CT molecular complexity index is 669. The van der Waals surface area contributed by atoms with Gasteiger partial charge in [0.05, 0.1) is 25.2 Å². The van der Waals surface area contributed by atoms with Gasteiger partial charge in [0.2, 0.25) is 5.91 Å². The van der Waals surface area contributed by atoms with Crippen LogP contribution < -0.4 is 4.74 Å². The minimum absolute atomic E-state index is 0.0615. The Hall–Kier alpha value is -2.44. The van der Waals surface area contributed by atoms with Crippen molar-refractivity contribution in [3.63, 3.8) is 0 Å². The number of rotatable bonds is 3.